The molecular formula is C15H17NO2S. The van der Waals surface area contributed by atoms with Crippen LogP contribution >= 0.6 is 11.8 Å². The fourth-order valence-corrected chi connectivity index (χ4v) is 3.03. The largest absolute Gasteiger partial charge is 0.271 e. The molecule has 1 aromatic carbocycles. The summed E-state index contributed by atoms with van der Waals surface area (Å²) in [6.07, 6.45) is 1.44. The molecule has 0 saturated heterocycles. The van der Waals surface area contributed by atoms with Gasteiger partial charge in [-0.05, 0) is 25.0 Å². The minimum atomic E-state index is -0.245. The molecule has 1 aliphatic rings. The van der Waals surface area contributed by atoms with E-state index in [1.165, 1.54) is 22.7 Å². The monoisotopic (exact) mass is 275 g/mol. The van der Waals surface area contributed by atoms with Crippen LogP contribution in [0.4, 0.5) is 5.69 Å². The molecule has 0 saturated carbocycles. The first-order valence-corrected chi connectivity index (χ1v) is 7.12. The maximum absolute atomic E-state index is 12.4. The molecule has 0 radical (unpaired) electrons. The number of benzene rings is 1. The van der Waals surface area contributed by atoms with Crippen LogP contribution in [0, 0.1) is 13.8 Å². The number of nitrogens with zero attached hydrogens (tertiary/aromatic N) is 1. The van der Waals surface area contributed by atoms with Crippen molar-refractivity contribution in [2.45, 2.75) is 32.9 Å². The highest BCUT2D eigenvalue weighted by molar-refractivity contribution is 8.04. The molecule has 0 bridgehead atoms. The quantitative estimate of drug-likeness (QED) is 0.795. The van der Waals surface area contributed by atoms with Gasteiger partial charge in [0, 0.05) is 11.3 Å². The minimum Gasteiger partial charge on any atom is -0.269 e. The second kappa shape index (κ2) is 5.21. The van der Waals surface area contributed by atoms with Crippen LogP contribution in [0.3, 0.4) is 0 Å². The highest BCUT2D eigenvalue weighted by Gasteiger charge is 2.34. The average Bonchev–Trinajstić information content (AvgIpc) is 2.55. The van der Waals surface area contributed by atoms with Gasteiger partial charge in [0.1, 0.15) is 0 Å². The maximum atomic E-state index is 12.4. The van der Waals surface area contributed by atoms with Gasteiger partial charge in [-0.3, -0.25) is 9.59 Å². The molecule has 0 spiro atoms. The third-order valence-corrected chi connectivity index (χ3v) is 3.93. The lowest BCUT2D eigenvalue weighted by Crippen LogP contribution is -2.32. The maximum Gasteiger partial charge on any atom is 0.271 e. The lowest BCUT2D eigenvalue weighted by Gasteiger charge is -2.19. The molecule has 2 amide bonds. The molecule has 4 heteroatoms. The van der Waals surface area contributed by atoms with Crippen molar-refractivity contribution in [3.8, 4) is 0 Å². The van der Waals surface area contributed by atoms with Crippen LogP contribution in [-0.4, -0.2) is 17.1 Å². The summed E-state index contributed by atoms with van der Waals surface area (Å²) in [5.41, 5.74) is 2.59. The molecule has 0 N–H and O–H groups in total. The molecule has 19 heavy (non-hydrogen) atoms. The van der Waals surface area contributed by atoms with Crippen molar-refractivity contribution >= 4 is 29.3 Å². The van der Waals surface area contributed by atoms with E-state index in [0.717, 1.165) is 11.1 Å². The van der Waals surface area contributed by atoms with Crippen LogP contribution in [0.15, 0.2) is 29.2 Å². The van der Waals surface area contributed by atoms with Crippen molar-refractivity contribution in [2.75, 3.05) is 4.90 Å². The number of carbonyl (C=O) groups excluding carboxylic acids is 2. The molecule has 0 aliphatic carbocycles. The summed E-state index contributed by atoms with van der Waals surface area (Å²) in [7, 11) is 0. The molecule has 1 heterocycles. The highest BCUT2D eigenvalue weighted by Crippen LogP contribution is 2.34. The summed E-state index contributed by atoms with van der Waals surface area (Å²) in [6.45, 7) is 7.84. The molecular weight excluding hydrogens is 258 g/mol. The van der Waals surface area contributed by atoms with E-state index in [4.69, 9.17) is 0 Å². The first-order chi connectivity index (χ1) is 8.91. The summed E-state index contributed by atoms with van der Waals surface area (Å²) in [5, 5.41) is 0.279. The van der Waals surface area contributed by atoms with Gasteiger partial charge in [0.2, 0.25) is 0 Å². The van der Waals surface area contributed by atoms with Crippen LogP contribution in [-0.2, 0) is 9.59 Å². The molecule has 1 aliphatic heterocycles. The van der Waals surface area contributed by atoms with Crippen molar-refractivity contribution in [3.63, 3.8) is 0 Å². The zero-order chi connectivity index (χ0) is 14.2. The number of imide groups is 1. The van der Waals surface area contributed by atoms with E-state index in [-0.39, 0.29) is 17.1 Å². The van der Waals surface area contributed by atoms with E-state index in [1.807, 2.05) is 45.9 Å². The molecule has 0 unspecified atom stereocenters. The van der Waals surface area contributed by atoms with Crippen molar-refractivity contribution < 1.29 is 9.59 Å². The lowest BCUT2D eigenvalue weighted by atomic mass is 10.1. The molecule has 3 nitrogen and oxygen atoms in total. The van der Waals surface area contributed by atoms with Crippen molar-refractivity contribution in [1.29, 1.82) is 0 Å². The topological polar surface area (TPSA) is 37.4 Å². The number of carbonyl (C=O) groups is 2. The Bertz CT molecular complexity index is 555. The van der Waals surface area contributed by atoms with Crippen LogP contribution in [0.25, 0.3) is 0 Å². The molecule has 0 atom stereocenters. The molecule has 100 valence electrons. The number of anilines is 1. The summed E-state index contributed by atoms with van der Waals surface area (Å²) < 4.78 is 0. The summed E-state index contributed by atoms with van der Waals surface area (Å²) in [5.74, 6) is -0.452. The fourth-order valence-electron chi connectivity index (χ4n) is 2.16. The van der Waals surface area contributed by atoms with E-state index in [0.29, 0.717) is 10.6 Å². The Labute approximate surface area is 117 Å². The molecule has 0 aromatic heterocycles. The number of thioether (sulfide) groups is 1. The van der Waals surface area contributed by atoms with Crippen LogP contribution in [0.2, 0.25) is 0 Å². The number of hydrogen-bond acceptors (Lipinski definition) is 3. The van der Waals surface area contributed by atoms with Crippen LogP contribution < -0.4 is 4.90 Å². The Morgan fingerprint density at radius 3 is 2.21 bits per heavy atom. The Morgan fingerprint density at radius 2 is 1.68 bits per heavy atom. The molecule has 2 rings (SSSR count). The SMILES string of the molecule is Cc1cccc(C)c1N1C(=O)C=C(SC(C)C)C1=O. The zero-order valence-electron chi connectivity index (χ0n) is 11.6. The van der Waals surface area contributed by atoms with Gasteiger partial charge >= 0.3 is 0 Å². The van der Waals surface area contributed by atoms with E-state index in [1.54, 1.807) is 0 Å². The standard InChI is InChI=1S/C15H17NO2S/c1-9(2)19-12-8-13(17)16(15(12)18)14-10(3)6-5-7-11(14)4/h5-9H,1-4H3. The van der Waals surface area contributed by atoms with E-state index >= 15 is 0 Å². The van der Waals surface area contributed by atoms with Gasteiger partial charge in [0.15, 0.2) is 0 Å². The number of para-hydroxylation sites is 1. The molecule has 0 fully saturated rings. The van der Waals surface area contributed by atoms with Crippen LogP contribution in [0.1, 0.15) is 25.0 Å². The third-order valence-electron chi connectivity index (χ3n) is 2.91. The first kappa shape index (κ1) is 13.9. The second-order valence-electron chi connectivity index (χ2n) is 4.89. The van der Waals surface area contributed by atoms with Crippen LogP contribution in [0.5, 0.6) is 0 Å². The van der Waals surface area contributed by atoms with Gasteiger partial charge in [-0.1, -0.05) is 32.0 Å². The smallest absolute Gasteiger partial charge is 0.269 e. The van der Waals surface area contributed by atoms with Gasteiger partial charge in [-0.2, -0.15) is 0 Å². The lowest BCUT2D eigenvalue weighted by molar-refractivity contribution is -0.120. The third kappa shape index (κ3) is 2.59. The predicted octanol–water partition coefficient (Wildman–Crippen LogP) is 3.20. The van der Waals surface area contributed by atoms with Gasteiger partial charge < -0.3 is 0 Å². The van der Waals surface area contributed by atoms with Gasteiger partial charge in [-0.15, -0.1) is 11.8 Å². The first-order valence-electron chi connectivity index (χ1n) is 6.24. The van der Waals surface area contributed by atoms with Crippen molar-refractivity contribution in [2.24, 2.45) is 0 Å². The summed E-state index contributed by atoms with van der Waals surface area (Å²) in [6, 6.07) is 5.75. The number of hydrogen-bond donors (Lipinski definition) is 0. The minimum absolute atomic E-state index is 0.207. The molecule has 1 aromatic rings. The van der Waals surface area contributed by atoms with E-state index < -0.39 is 0 Å². The number of rotatable bonds is 3. The van der Waals surface area contributed by atoms with E-state index in [2.05, 4.69) is 0 Å². The summed E-state index contributed by atoms with van der Waals surface area (Å²) >= 11 is 1.43. The van der Waals surface area contributed by atoms with E-state index in [9.17, 15) is 9.59 Å². The fraction of sp³-hybridized carbons (Fsp3) is 0.333. The average molecular weight is 275 g/mol. The highest BCUT2D eigenvalue weighted by atomic mass is 32.2. The van der Waals surface area contributed by atoms with Crippen molar-refractivity contribution in [1.82, 2.24) is 0 Å². The van der Waals surface area contributed by atoms with Gasteiger partial charge in [0.25, 0.3) is 11.8 Å². The number of amides is 2. The van der Waals surface area contributed by atoms with Crippen molar-refractivity contribution in [3.05, 3.63) is 40.3 Å². The number of aryl methyl sites for hydroxylation is 2. The van der Waals surface area contributed by atoms with Gasteiger partial charge in [0.05, 0.1) is 10.6 Å². The Morgan fingerprint density at radius 1 is 1.11 bits per heavy atom. The predicted molar refractivity (Wildman–Crippen MR) is 79.2 cm³/mol. The normalized spacial score (nSPS) is 15.4. The zero-order valence-corrected chi connectivity index (χ0v) is 12.4. The Kier molecular flexibility index (Phi) is 3.80. The second-order valence-corrected chi connectivity index (χ2v) is 6.51. The Balaban J connectivity index is 2.39. The van der Waals surface area contributed by atoms with Gasteiger partial charge in [-0.25, -0.2) is 4.90 Å². The summed E-state index contributed by atoms with van der Waals surface area (Å²) in [4.78, 5) is 26.3. The Hall–Kier alpha value is -1.55.